The SMILES string of the molecule is CC[C@H]1OC(=O)C(C)[C@@](O)(CNCc2ccccn2)[C@H](C)[C@@H](O[C@@H]2O[C@H](C)C[C@H](N(C)C)[C@H]2O)[C@@](C)(O)C[C@@H](C)CN[C@H](C)[C@@H](O)[C@]1(C)O. The van der Waals surface area contributed by atoms with Crippen LogP contribution in [0.25, 0.3) is 0 Å². The average Bonchev–Trinajstić information content (AvgIpc) is 3.04. The lowest BCUT2D eigenvalue weighted by atomic mass is 9.70. The molecule has 13 heteroatoms. The molecule has 0 aromatic carbocycles. The Bertz CT molecular complexity index is 1170. The Morgan fingerprint density at radius 2 is 1.78 bits per heavy atom. The van der Waals surface area contributed by atoms with E-state index in [-0.39, 0.29) is 44.0 Å². The quantitative estimate of drug-likeness (QED) is 0.193. The average molecular weight is 697 g/mol. The molecule has 1 aromatic heterocycles. The summed E-state index contributed by atoms with van der Waals surface area (Å²) in [5.41, 5.74) is -4.59. The highest BCUT2D eigenvalue weighted by molar-refractivity contribution is 5.74. The zero-order valence-corrected chi connectivity index (χ0v) is 31.2. The third kappa shape index (κ3) is 9.97. The standard InChI is InChI=1S/C36H64N4O9/c1-11-28-35(8,45)30(42)25(6)39-18-21(2)17-34(7,44)31(49-33-29(41)27(40(9)10)16-22(3)47-33)23(4)36(46,24(5)32(43)48-28)20-37-19-26-14-12-13-15-38-26/h12-15,21-25,27-31,33,37,39,41-42,44-46H,11,16-20H2,1-10H3/t21-,22-,23-,24?,25-,27+,28-,29-,30-,31-,33+,34+,35-,36-/m1/s1. The number of aliphatic hydroxyl groups is 5. The summed E-state index contributed by atoms with van der Waals surface area (Å²) in [6, 6.07) is 4.63. The Balaban J connectivity index is 2.12. The lowest BCUT2D eigenvalue weighted by molar-refractivity contribution is -0.304. The summed E-state index contributed by atoms with van der Waals surface area (Å²) in [6.07, 6.45) is -3.34. The van der Waals surface area contributed by atoms with E-state index in [2.05, 4.69) is 15.6 Å². The number of cyclic esters (lactones) is 1. The first-order valence-corrected chi connectivity index (χ1v) is 17.8. The van der Waals surface area contributed by atoms with Crippen LogP contribution in [0, 0.1) is 17.8 Å². The number of rotatable bonds is 8. The van der Waals surface area contributed by atoms with Gasteiger partial charge in [0.25, 0.3) is 0 Å². The Kier molecular flexibility index (Phi) is 14.6. The summed E-state index contributed by atoms with van der Waals surface area (Å²) in [4.78, 5) is 20.3. The van der Waals surface area contributed by atoms with Crippen LogP contribution in [0.5, 0.6) is 0 Å². The zero-order chi connectivity index (χ0) is 36.9. The lowest BCUT2D eigenvalue weighted by Crippen LogP contribution is -2.64. The number of pyridine rings is 1. The van der Waals surface area contributed by atoms with E-state index in [4.69, 9.17) is 14.2 Å². The van der Waals surface area contributed by atoms with E-state index < -0.39 is 71.4 Å². The Hall–Kier alpha value is -1.78. The van der Waals surface area contributed by atoms with E-state index in [1.165, 1.54) is 6.92 Å². The number of nitrogens with zero attached hydrogens (tertiary/aromatic N) is 2. The fourth-order valence-corrected chi connectivity index (χ4v) is 7.62. The molecule has 1 aromatic rings. The number of hydrogen-bond donors (Lipinski definition) is 7. The van der Waals surface area contributed by atoms with Crippen molar-refractivity contribution in [3.63, 3.8) is 0 Å². The molecule has 14 atom stereocenters. The van der Waals surface area contributed by atoms with E-state index in [0.29, 0.717) is 13.0 Å². The highest BCUT2D eigenvalue weighted by atomic mass is 16.7. The Labute approximate surface area is 292 Å². The molecule has 2 saturated heterocycles. The minimum absolute atomic E-state index is 0.119. The van der Waals surface area contributed by atoms with Gasteiger partial charge in [-0.15, -0.1) is 0 Å². The van der Waals surface area contributed by atoms with Crippen molar-refractivity contribution in [1.82, 2.24) is 20.5 Å². The number of esters is 1. The number of aromatic nitrogens is 1. The molecule has 49 heavy (non-hydrogen) atoms. The second-order valence-electron chi connectivity index (χ2n) is 15.4. The molecule has 0 spiro atoms. The first-order chi connectivity index (χ1) is 22.8. The molecule has 1 unspecified atom stereocenters. The van der Waals surface area contributed by atoms with Crippen LogP contribution in [0.2, 0.25) is 0 Å². The van der Waals surface area contributed by atoms with Gasteiger partial charge in [0.1, 0.15) is 23.9 Å². The second-order valence-corrected chi connectivity index (χ2v) is 15.4. The number of nitrogens with one attached hydrogen (secondary N) is 2. The molecule has 13 nitrogen and oxygen atoms in total. The third-order valence-corrected chi connectivity index (χ3v) is 10.9. The summed E-state index contributed by atoms with van der Waals surface area (Å²) < 4.78 is 18.7. The summed E-state index contributed by atoms with van der Waals surface area (Å²) >= 11 is 0. The van der Waals surface area contributed by atoms with Crippen LogP contribution in [-0.4, -0.2) is 134 Å². The number of aliphatic hydroxyl groups excluding tert-OH is 2. The third-order valence-electron chi connectivity index (χ3n) is 10.9. The fourth-order valence-electron chi connectivity index (χ4n) is 7.62. The molecule has 2 fully saturated rings. The first kappa shape index (κ1) is 41.6. The van der Waals surface area contributed by atoms with Gasteiger partial charge in [-0.05, 0) is 92.6 Å². The van der Waals surface area contributed by atoms with E-state index in [1.807, 2.05) is 45.0 Å². The van der Waals surface area contributed by atoms with Gasteiger partial charge in [-0.25, -0.2) is 0 Å². The molecule has 0 saturated carbocycles. The van der Waals surface area contributed by atoms with Crippen LogP contribution < -0.4 is 10.6 Å². The van der Waals surface area contributed by atoms with Crippen LogP contribution in [0.3, 0.4) is 0 Å². The van der Waals surface area contributed by atoms with Crippen LogP contribution >= 0.6 is 0 Å². The van der Waals surface area contributed by atoms with E-state index >= 15 is 0 Å². The normalized spacial score (nSPS) is 43.4. The van der Waals surface area contributed by atoms with Crippen molar-refractivity contribution in [3.8, 4) is 0 Å². The predicted molar refractivity (Wildman–Crippen MR) is 185 cm³/mol. The maximum absolute atomic E-state index is 14.0. The number of carbonyl (C=O) groups is 1. The van der Waals surface area contributed by atoms with Crippen molar-refractivity contribution in [1.29, 1.82) is 0 Å². The molecule has 282 valence electrons. The monoisotopic (exact) mass is 696 g/mol. The second kappa shape index (κ2) is 17.2. The summed E-state index contributed by atoms with van der Waals surface area (Å²) in [6.45, 7) is 14.2. The number of carbonyl (C=O) groups excluding carboxylic acids is 1. The molecule has 3 rings (SSSR count). The minimum Gasteiger partial charge on any atom is -0.459 e. The molecule has 7 N–H and O–H groups in total. The topological polar surface area (TPSA) is 186 Å². The molecule has 0 radical (unpaired) electrons. The molecule has 0 bridgehead atoms. The van der Waals surface area contributed by atoms with Crippen LogP contribution in [-0.2, 0) is 25.5 Å². The van der Waals surface area contributed by atoms with Gasteiger partial charge in [-0.2, -0.15) is 0 Å². The molecular weight excluding hydrogens is 632 g/mol. The Morgan fingerprint density at radius 1 is 1.10 bits per heavy atom. The number of hydrogen-bond acceptors (Lipinski definition) is 13. The molecular formula is C36H64N4O9. The number of ether oxygens (including phenoxy) is 3. The number of likely N-dealkylation sites (N-methyl/N-ethyl adjacent to an activating group) is 1. The van der Waals surface area contributed by atoms with Gasteiger partial charge < -0.3 is 55.3 Å². The van der Waals surface area contributed by atoms with Crippen molar-refractivity contribution in [2.45, 2.75) is 147 Å². The minimum atomic E-state index is -1.90. The lowest BCUT2D eigenvalue weighted by Gasteiger charge is -2.49. The smallest absolute Gasteiger partial charge is 0.312 e. The van der Waals surface area contributed by atoms with Crippen LogP contribution in [0.4, 0.5) is 0 Å². The van der Waals surface area contributed by atoms with Crippen molar-refractivity contribution in [2.75, 3.05) is 27.2 Å². The first-order valence-electron chi connectivity index (χ1n) is 17.8. The van der Waals surface area contributed by atoms with Gasteiger partial charge in [0, 0.05) is 37.3 Å². The molecule has 2 aliphatic rings. The van der Waals surface area contributed by atoms with Gasteiger partial charge in [-0.3, -0.25) is 9.78 Å². The fraction of sp³-hybridized carbons (Fsp3) is 0.833. The van der Waals surface area contributed by atoms with E-state index in [1.54, 1.807) is 46.9 Å². The maximum Gasteiger partial charge on any atom is 0.312 e. The largest absolute Gasteiger partial charge is 0.459 e. The summed E-state index contributed by atoms with van der Waals surface area (Å²) in [5, 5.41) is 65.8. The Morgan fingerprint density at radius 3 is 2.37 bits per heavy atom. The van der Waals surface area contributed by atoms with Crippen molar-refractivity contribution >= 4 is 5.97 Å². The van der Waals surface area contributed by atoms with Gasteiger partial charge in [0.05, 0.1) is 35.0 Å². The van der Waals surface area contributed by atoms with Crippen LogP contribution in [0.1, 0.15) is 80.3 Å². The highest BCUT2D eigenvalue weighted by Crippen LogP contribution is 2.40. The van der Waals surface area contributed by atoms with Gasteiger partial charge in [0.15, 0.2) is 6.29 Å². The molecule has 0 aliphatic carbocycles. The molecule has 0 amide bonds. The van der Waals surface area contributed by atoms with E-state index in [9.17, 15) is 30.3 Å². The maximum atomic E-state index is 14.0. The summed E-state index contributed by atoms with van der Waals surface area (Å²) in [7, 11) is 3.75. The summed E-state index contributed by atoms with van der Waals surface area (Å²) in [5.74, 6) is -3.10. The molecule has 2 aliphatic heterocycles. The van der Waals surface area contributed by atoms with Crippen LogP contribution in [0.15, 0.2) is 24.4 Å². The van der Waals surface area contributed by atoms with Crippen molar-refractivity contribution in [2.24, 2.45) is 17.8 Å². The zero-order valence-electron chi connectivity index (χ0n) is 31.2. The van der Waals surface area contributed by atoms with E-state index in [0.717, 1.165) is 5.69 Å². The highest BCUT2D eigenvalue weighted by Gasteiger charge is 2.54. The predicted octanol–water partition coefficient (Wildman–Crippen LogP) is 1.19. The van der Waals surface area contributed by atoms with Gasteiger partial charge >= 0.3 is 5.97 Å². The van der Waals surface area contributed by atoms with Gasteiger partial charge in [0.2, 0.25) is 0 Å². The van der Waals surface area contributed by atoms with Gasteiger partial charge in [-0.1, -0.05) is 26.8 Å². The van der Waals surface area contributed by atoms with Crippen molar-refractivity contribution < 1.29 is 44.5 Å². The molecule has 3 heterocycles. The van der Waals surface area contributed by atoms with Crippen molar-refractivity contribution in [3.05, 3.63) is 30.1 Å².